The Bertz CT molecular complexity index is 1260. The monoisotopic (exact) mass is 446 g/mol. The lowest BCUT2D eigenvalue weighted by molar-refractivity contribution is 0.0865. The quantitative estimate of drug-likeness (QED) is 0.606. The Morgan fingerprint density at radius 2 is 1.94 bits per heavy atom. The molecule has 1 amide bonds. The van der Waals surface area contributed by atoms with E-state index in [0.717, 1.165) is 41.8 Å². The molecule has 1 aliphatic carbocycles. The number of aromatic nitrogens is 3. The van der Waals surface area contributed by atoms with E-state index in [1.165, 1.54) is 0 Å². The van der Waals surface area contributed by atoms with Gasteiger partial charge in [-0.05, 0) is 43.9 Å². The third kappa shape index (κ3) is 2.88. The molecule has 0 unspecified atom stereocenters. The topological polar surface area (TPSA) is 66.6 Å². The highest BCUT2D eigenvalue weighted by molar-refractivity contribution is 6.35. The minimum absolute atomic E-state index is 0.146. The second-order valence-electron chi connectivity index (χ2n) is 8.74. The van der Waals surface area contributed by atoms with Gasteiger partial charge >= 0.3 is 0 Å². The first-order valence-electron chi connectivity index (χ1n) is 11.0. The summed E-state index contributed by atoms with van der Waals surface area (Å²) in [7, 11) is 1.77. The SMILES string of the molecule is Cc1cccc(-c2ccc(Cn3nc4c(c3Cl)C(=O)N(C)C3=N[C@@H]5CCC[C@@H]5N34)cc2)n1. The number of nitrogens with zero attached hydrogens (tertiary/aromatic N) is 6. The van der Waals surface area contributed by atoms with Crippen molar-refractivity contribution in [1.29, 1.82) is 0 Å². The average molecular weight is 447 g/mol. The predicted octanol–water partition coefficient (Wildman–Crippen LogP) is 4.14. The van der Waals surface area contributed by atoms with E-state index in [0.29, 0.717) is 29.0 Å². The fourth-order valence-electron chi connectivity index (χ4n) is 5.03. The van der Waals surface area contributed by atoms with E-state index >= 15 is 0 Å². The highest BCUT2D eigenvalue weighted by Crippen LogP contribution is 2.42. The molecule has 0 spiro atoms. The normalized spacial score (nSPS) is 21.5. The van der Waals surface area contributed by atoms with Crippen LogP contribution in [0.2, 0.25) is 5.15 Å². The molecule has 1 saturated carbocycles. The van der Waals surface area contributed by atoms with Gasteiger partial charge in [0.1, 0.15) is 10.7 Å². The van der Waals surface area contributed by atoms with E-state index in [2.05, 4.69) is 34.1 Å². The standard InChI is InChI=1S/C24H23ClN6O/c1-14-5-3-6-17(26-14)16-11-9-15(10-12-16)13-30-21(25)20-22(28-30)31-19-8-4-7-18(19)27-24(31)29(2)23(20)32/h3,5-6,9-12,18-19H,4,7-8,13H2,1-2H3/t18-,19+/m1/s1. The molecule has 8 heteroatoms. The van der Waals surface area contributed by atoms with Gasteiger partial charge in [0.25, 0.3) is 5.91 Å². The summed E-state index contributed by atoms with van der Waals surface area (Å²) >= 11 is 6.71. The minimum Gasteiger partial charge on any atom is -0.289 e. The van der Waals surface area contributed by atoms with Crippen LogP contribution in [0.4, 0.5) is 5.82 Å². The lowest BCUT2D eigenvalue weighted by Gasteiger charge is -2.33. The summed E-state index contributed by atoms with van der Waals surface area (Å²) in [4.78, 5) is 26.2. The maximum absolute atomic E-state index is 13.1. The van der Waals surface area contributed by atoms with Crippen molar-refractivity contribution in [2.24, 2.45) is 4.99 Å². The number of aryl methyl sites for hydroxylation is 1. The van der Waals surface area contributed by atoms with Gasteiger partial charge in [0, 0.05) is 18.3 Å². The first-order chi connectivity index (χ1) is 15.5. The molecule has 162 valence electrons. The number of pyridine rings is 1. The first-order valence-corrected chi connectivity index (χ1v) is 11.3. The molecule has 2 aliphatic heterocycles. The van der Waals surface area contributed by atoms with Crippen LogP contribution in [0.25, 0.3) is 11.3 Å². The van der Waals surface area contributed by atoms with Crippen molar-refractivity contribution in [1.82, 2.24) is 19.7 Å². The Labute approximate surface area is 191 Å². The Hall–Kier alpha value is -3.19. The van der Waals surface area contributed by atoms with Gasteiger partial charge in [0.15, 0.2) is 5.82 Å². The second-order valence-corrected chi connectivity index (χ2v) is 9.10. The Morgan fingerprint density at radius 3 is 2.72 bits per heavy atom. The molecule has 0 radical (unpaired) electrons. The number of guanidine groups is 1. The molecular weight excluding hydrogens is 424 g/mol. The zero-order chi connectivity index (χ0) is 22.0. The van der Waals surface area contributed by atoms with Gasteiger partial charge in [-0.2, -0.15) is 5.10 Å². The van der Waals surface area contributed by atoms with Crippen LogP contribution < -0.4 is 4.90 Å². The van der Waals surface area contributed by atoms with Gasteiger partial charge in [0.05, 0.1) is 24.3 Å². The molecule has 0 bridgehead atoms. The maximum atomic E-state index is 13.1. The van der Waals surface area contributed by atoms with Crippen molar-refractivity contribution >= 4 is 29.3 Å². The van der Waals surface area contributed by atoms with Crippen LogP contribution in [-0.4, -0.2) is 50.7 Å². The molecular formula is C24H23ClN6O. The molecule has 3 aromatic rings. The Balaban J connectivity index is 1.33. The number of fused-ring (bicyclic) bond motifs is 5. The number of anilines is 1. The molecule has 3 aliphatic rings. The number of carbonyl (C=O) groups is 1. The van der Waals surface area contributed by atoms with E-state index in [9.17, 15) is 4.79 Å². The molecule has 1 aromatic carbocycles. The number of rotatable bonds is 3. The average Bonchev–Trinajstić information content (AvgIpc) is 3.46. The smallest absolute Gasteiger partial charge is 0.267 e. The van der Waals surface area contributed by atoms with Gasteiger partial charge in [-0.3, -0.25) is 19.6 Å². The zero-order valence-corrected chi connectivity index (χ0v) is 18.8. The number of hydrogen-bond acceptors (Lipinski definition) is 5. The molecule has 6 rings (SSSR count). The molecule has 2 aromatic heterocycles. The van der Waals surface area contributed by atoms with Gasteiger partial charge in [-0.15, -0.1) is 0 Å². The van der Waals surface area contributed by atoms with E-state index in [1.54, 1.807) is 16.6 Å². The summed E-state index contributed by atoms with van der Waals surface area (Å²) < 4.78 is 1.73. The molecule has 7 nitrogen and oxygen atoms in total. The van der Waals surface area contributed by atoms with Crippen molar-refractivity contribution < 1.29 is 4.79 Å². The van der Waals surface area contributed by atoms with Crippen molar-refractivity contribution in [2.75, 3.05) is 11.9 Å². The van der Waals surface area contributed by atoms with Crippen molar-refractivity contribution in [3.05, 3.63) is 64.4 Å². The molecule has 4 heterocycles. The van der Waals surface area contributed by atoms with Crippen LogP contribution >= 0.6 is 11.6 Å². The van der Waals surface area contributed by atoms with Crippen LogP contribution in [0.15, 0.2) is 47.5 Å². The largest absolute Gasteiger partial charge is 0.289 e. The van der Waals surface area contributed by atoms with Crippen molar-refractivity contribution in [3.63, 3.8) is 0 Å². The predicted molar refractivity (Wildman–Crippen MR) is 124 cm³/mol. The minimum atomic E-state index is -0.146. The summed E-state index contributed by atoms with van der Waals surface area (Å²) in [5.41, 5.74) is 4.53. The van der Waals surface area contributed by atoms with Gasteiger partial charge < -0.3 is 0 Å². The second kappa shape index (κ2) is 7.17. The number of benzene rings is 1. The Kier molecular flexibility index (Phi) is 4.37. The van der Waals surface area contributed by atoms with E-state index < -0.39 is 0 Å². The third-order valence-corrected chi connectivity index (χ3v) is 7.05. The molecule has 2 atom stereocenters. The van der Waals surface area contributed by atoms with Crippen molar-refractivity contribution in [2.45, 2.75) is 44.8 Å². The van der Waals surface area contributed by atoms with Crippen LogP contribution in [0.5, 0.6) is 0 Å². The highest BCUT2D eigenvalue weighted by Gasteiger charge is 2.49. The summed E-state index contributed by atoms with van der Waals surface area (Å²) in [6.45, 7) is 2.47. The fraction of sp³-hybridized carbons (Fsp3) is 0.333. The zero-order valence-electron chi connectivity index (χ0n) is 18.0. The molecule has 0 saturated heterocycles. The van der Waals surface area contributed by atoms with E-state index in [4.69, 9.17) is 21.7 Å². The lowest BCUT2D eigenvalue weighted by Crippen LogP contribution is -2.51. The maximum Gasteiger partial charge on any atom is 0.267 e. The lowest BCUT2D eigenvalue weighted by atomic mass is 10.1. The third-order valence-electron chi connectivity index (χ3n) is 6.66. The Morgan fingerprint density at radius 1 is 1.12 bits per heavy atom. The van der Waals surface area contributed by atoms with Crippen molar-refractivity contribution in [3.8, 4) is 11.3 Å². The number of aliphatic imine (C=N–C) groups is 1. The highest BCUT2D eigenvalue weighted by atomic mass is 35.5. The molecule has 32 heavy (non-hydrogen) atoms. The number of carbonyl (C=O) groups excluding carboxylic acids is 1. The van der Waals surface area contributed by atoms with Crippen LogP contribution in [0.3, 0.4) is 0 Å². The first kappa shape index (κ1) is 19.5. The molecule has 1 fully saturated rings. The van der Waals surface area contributed by atoms with Gasteiger partial charge in [-0.25, -0.2) is 9.67 Å². The molecule has 0 N–H and O–H groups in total. The van der Waals surface area contributed by atoms with E-state index in [1.807, 2.05) is 25.1 Å². The number of hydrogen-bond donors (Lipinski definition) is 0. The van der Waals surface area contributed by atoms with Crippen LogP contribution in [0, 0.1) is 6.92 Å². The number of halogens is 1. The van der Waals surface area contributed by atoms with Crippen LogP contribution in [-0.2, 0) is 6.54 Å². The van der Waals surface area contributed by atoms with Gasteiger partial charge in [0.2, 0.25) is 5.96 Å². The van der Waals surface area contributed by atoms with Gasteiger partial charge in [-0.1, -0.05) is 41.9 Å². The fourth-order valence-corrected chi connectivity index (χ4v) is 5.30. The van der Waals surface area contributed by atoms with Crippen LogP contribution in [0.1, 0.15) is 40.9 Å². The number of amides is 1. The summed E-state index contributed by atoms with van der Waals surface area (Å²) in [6, 6.07) is 14.7. The summed E-state index contributed by atoms with van der Waals surface area (Å²) in [6.07, 6.45) is 3.25. The summed E-state index contributed by atoms with van der Waals surface area (Å²) in [5, 5.41) is 5.17. The van der Waals surface area contributed by atoms with E-state index in [-0.39, 0.29) is 18.0 Å². The summed E-state index contributed by atoms with van der Waals surface area (Å²) in [5.74, 6) is 1.20.